The van der Waals surface area contributed by atoms with E-state index in [1.165, 1.54) is 28.8 Å². The van der Waals surface area contributed by atoms with Gasteiger partial charge in [0.25, 0.3) is 11.8 Å². The Morgan fingerprint density at radius 1 is 1.07 bits per heavy atom. The molecule has 1 heterocycles. The minimum absolute atomic E-state index is 0.147. The first-order valence-corrected chi connectivity index (χ1v) is 9.61. The lowest BCUT2D eigenvalue weighted by Gasteiger charge is -2.16. The van der Waals surface area contributed by atoms with E-state index in [1.54, 1.807) is 43.3 Å². The minimum atomic E-state index is -0.333. The topological polar surface area (TPSA) is 66.5 Å². The summed E-state index contributed by atoms with van der Waals surface area (Å²) in [7, 11) is 0. The van der Waals surface area contributed by atoms with Crippen LogP contribution in [0.2, 0.25) is 0 Å². The molecule has 140 valence electrons. The van der Waals surface area contributed by atoms with Crippen LogP contribution in [0, 0.1) is 5.82 Å². The van der Waals surface area contributed by atoms with Gasteiger partial charge in [-0.1, -0.05) is 24.3 Å². The Hall–Kier alpha value is -2.67. The number of halogens is 1. The van der Waals surface area contributed by atoms with Crippen molar-refractivity contribution >= 4 is 29.5 Å². The number of hydrogen-bond acceptors (Lipinski definition) is 4. The molecule has 1 unspecified atom stereocenters. The SMILES string of the molecule is CC(SCCN1C(=O)c2ccccc2C1=O)C(=O)NCc1ccc(F)cc1. The average Bonchev–Trinajstić information content (AvgIpc) is 2.92. The van der Waals surface area contributed by atoms with Crippen molar-refractivity contribution in [2.75, 3.05) is 12.3 Å². The molecule has 2 aromatic carbocycles. The van der Waals surface area contributed by atoms with Gasteiger partial charge in [-0.25, -0.2) is 4.39 Å². The van der Waals surface area contributed by atoms with Gasteiger partial charge in [-0.15, -0.1) is 11.8 Å². The van der Waals surface area contributed by atoms with E-state index >= 15 is 0 Å². The smallest absolute Gasteiger partial charge is 0.261 e. The molecular formula is C20H19FN2O3S. The van der Waals surface area contributed by atoms with Crippen LogP contribution in [0.5, 0.6) is 0 Å². The zero-order chi connectivity index (χ0) is 19.4. The summed E-state index contributed by atoms with van der Waals surface area (Å²) < 4.78 is 12.9. The molecule has 0 saturated carbocycles. The van der Waals surface area contributed by atoms with Gasteiger partial charge in [0.1, 0.15) is 5.82 Å². The van der Waals surface area contributed by atoms with Crippen LogP contribution in [0.4, 0.5) is 4.39 Å². The zero-order valence-corrected chi connectivity index (χ0v) is 15.6. The minimum Gasteiger partial charge on any atom is -0.351 e. The fraction of sp³-hybridized carbons (Fsp3) is 0.250. The van der Waals surface area contributed by atoms with Crippen molar-refractivity contribution in [1.82, 2.24) is 10.2 Å². The highest BCUT2D eigenvalue weighted by atomic mass is 32.2. The number of benzene rings is 2. The van der Waals surface area contributed by atoms with Crippen LogP contribution in [0.1, 0.15) is 33.2 Å². The Kier molecular flexibility index (Phi) is 5.91. The van der Waals surface area contributed by atoms with E-state index in [9.17, 15) is 18.8 Å². The van der Waals surface area contributed by atoms with E-state index in [2.05, 4.69) is 5.32 Å². The van der Waals surface area contributed by atoms with E-state index < -0.39 is 0 Å². The number of fused-ring (bicyclic) bond motifs is 1. The molecule has 0 radical (unpaired) electrons. The van der Waals surface area contributed by atoms with Crippen molar-refractivity contribution in [3.8, 4) is 0 Å². The molecule has 0 bridgehead atoms. The third-order valence-electron chi connectivity index (χ3n) is 4.31. The number of rotatable bonds is 7. The molecule has 0 spiro atoms. The maximum atomic E-state index is 12.9. The number of carbonyl (C=O) groups is 3. The van der Waals surface area contributed by atoms with Crippen LogP contribution in [0.3, 0.4) is 0 Å². The van der Waals surface area contributed by atoms with Crippen molar-refractivity contribution in [1.29, 1.82) is 0 Å². The maximum absolute atomic E-state index is 12.9. The standard InChI is InChI=1S/C20H19FN2O3S/c1-13(18(24)22-12-14-6-8-15(21)9-7-14)27-11-10-23-19(25)16-4-2-3-5-17(16)20(23)26/h2-9,13H,10-12H2,1H3,(H,22,24). The molecular weight excluding hydrogens is 367 g/mol. The Morgan fingerprint density at radius 2 is 1.67 bits per heavy atom. The summed E-state index contributed by atoms with van der Waals surface area (Å²) in [5.74, 6) is -0.570. The summed E-state index contributed by atoms with van der Waals surface area (Å²) >= 11 is 1.37. The lowest BCUT2D eigenvalue weighted by atomic mass is 10.1. The van der Waals surface area contributed by atoms with Gasteiger partial charge < -0.3 is 5.32 Å². The monoisotopic (exact) mass is 386 g/mol. The number of nitrogens with zero attached hydrogens (tertiary/aromatic N) is 1. The third kappa shape index (κ3) is 4.36. The van der Waals surface area contributed by atoms with Gasteiger partial charge in [0.15, 0.2) is 0 Å². The molecule has 0 aromatic heterocycles. The molecule has 1 atom stereocenters. The number of hydrogen-bond donors (Lipinski definition) is 1. The molecule has 1 aliphatic heterocycles. The second-order valence-corrected chi connectivity index (χ2v) is 7.61. The van der Waals surface area contributed by atoms with Crippen molar-refractivity contribution in [2.24, 2.45) is 0 Å². The molecule has 0 fully saturated rings. The summed E-state index contributed by atoms with van der Waals surface area (Å²) in [6.45, 7) is 2.35. The van der Waals surface area contributed by atoms with Crippen molar-refractivity contribution in [2.45, 2.75) is 18.7 Å². The van der Waals surface area contributed by atoms with Crippen LogP contribution in [0.15, 0.2) is 48.5 Å². The van der Waals surface area contributed by atoms with Gasteiger partial charge in [-0.05, 0) is 36.8 Å². The summed E-state index contributed by atoms with van der Waals surface area (Å²) in [5, 5.41) is 2.47. The molecule has 1 aliphatic rings. The number of amides is 3. The van der Waals surface area contributed by atoms with E-state index in [1.807, 2.05) is 0 Å². The quantitative estimate of drug-likeness (QED) is 0.743. The molecule has 3 amide bonds. The normalized spacial score (nSPS) is 14.2. The van der Waals surface area contributed by atoms with Crippen LogP contribution in [-0.4, -0.2) is 40.2 Å². The molecule has 0 aliphatic carbocycles. The molecule has 3 rings (SSSR count). The van der Waals surface area contributed by atoms with Gasteiger partial charge in [0.05, 0.1) is 16.4 Å². The molecule has 1 N–H and O–H groups in total. The molecule has 5 nitrogen and oxygen atoms in total. The van der Waals surface area contributed by atoms with Gasteiger partial charge >= 0.3 is 0 Å². The number of carbonyl (C=O) groups excluding carboxylic acids is 3. The summed E-state index contributed by atoms with van der Waals surface area (Å²) in [4.78, 5) is 38.0. The zero-order valence-electron chi connectivity index (χ0n) is 14.8. The Morgan fingerprint density at radius 3 is 2.26 bits per heavy atom. The van der Waals surface area contributed by atoms with Crippen molar-refractivity contribution in [3.63, 3.8) is 0 Å². The summed E-state index contributed by atoms with van der Waals surface area (Å²) in [6, 6.07) is 12.7. The second kappa shape index (κ2) is 8.35. The maximum Gasteiger partial charge on any atom is 0.261 e. The fourth-order valence-corrected chi connectivity index (χ4v) is 3.65. The Bertz CT molecular complexity index is 835. The fourth-order valence-electron chi connectivity index (χ4n) is 2.77. The largest absolute Gasteiger partial charge is 0.351 e. The van der Waals surface area contributed by atoms with Gasteiger partial charge in [0.2, 0.25) is 5.91 Å². The first-order valence-electron chi connectivity index (χ1n) is 8.56. The van der Waals surface area contributed by atoms with E-state index in [4.69, 9.17) is 0 Å². The summed E-state index contributed by atoms with van der Waals surface area (Å²) in [6.07, 6.45) is 0. The Labute approximate surface area is 160 Å². The van der Waals surface area contributed by atoms with Gasteiger partial charge in [-0.2, -0.15) is 0 Å². The summed E-state index contributed by atoms with van der Waals surface area (Å²) in [5.41, 5.74) is 1.67. The third-order valence-corrected chi connectivity index (χ3v) is 5.44. The molecule has 2 aromatic rings. The van der Waals surface area contributed by atoms with Crippen LogP contribution < -0.4 is 5.32 Å². The second-order valence-electron chi connectivity index (χ2n) is 6.16. The average molecular weight is 386 g/mol. The van der Waals surface area contributed by atoms with E-state index in [0.29, 0.717) is 23.4 Å². The highest BCUT2D eigenvalue weighted by Crippen LogP contribution is 2.23. The lowest BCUT2D eigenvalue weighted by Crippen LogP contribution is -2.34. The highest BCUT2D eigenvalue weighted by Gasteiger charge is 2.34. The number of imide groups is 1. The van der Waals surface area contributed by atoms with Crippen molar-refractivity contribution in [3.05, 3.63) is 71.0 Å². The predicted molar refractivity (Wildman–Crippen MR) is 102 cm³/mol. The highest BCUT2D eigenvalue weighted by molar-refractivity contribution is 8.00. The number of nitrogens with one attached hydrogen (secondary N) is 1. The van der Waals surface area contributed by atoms with Crippen LogP contribution in [0.25, 0.3) is 0 Å². The lowest BCUT2D eigenvalue weighted by molar-refractivity contribution is -0.120. The predicted octanol–water partition coefficient (Wildman–Crippen LogP) is 2.86. The van der Waals surface area contributed by atoms with Crippen LogP contribution >= 0.6 is 11.8 Å². The molecule has 7 heteroatoms. The van der Waals surface area contributed by atoms with Gasteiger partial charge in [-0.3, -0.25) is 19.3 Å². The first-order chi connectivity index (χ1) is 13.0. The van der Waals surface area contributed by atoms with Crippen LogP contribution in [-0.2, 0) is 11.3 Å². The van der Waals surface area contributed by atoms with E-state index in [-0.39, 0.29) is 35.3 Å². The van der Waals surface area contributed by atoms with E-state index in [0.717, 1.165) is 5.56 Å². The first kappa shape index (κ1) is 19.1. The number of thioether (sulfide) groups is 1. The molecule has 27 heavy (non-hydrogen) atoms. The van der Waals surface area contributed by atoms with Gasteiger partial charge in [0, 0.05) is 18.8 Å². The Balaban J connectivity index is 1.45. The van der Waals surface area contributed by atoms with Crippen molar-refractivity contribution < 1.29 is 18.8 Å². The molecule has 0 saturated heterocycles.